The Morgan fingerprint density at radius 2 is 1.89 bits per heavy atom. The molecule has 0 saturated heterocycles. The number of anilines is 1. The minimum atomic E-state index is -0.0801. The van der Waals surface area contributed by atoms with E-state index in [1.54, 1.807) is 24.5 Å². The van der Waals surface area contributed by atoms with Crippen LogP contribution in [0.4, 0.5) is 5.69 Å². The lowest BCUT2D eigenvalue weighted by Crippen LogP contribution is -2.17. The summed E-state index contributed by atoms with van der Waals surface area (Å²) >= 11 is 1.48. The standard InChI is InChI=1S/C20H18N2O4S/c23-19(21-15-6-7-17-18(10-15)25-9-8-24-17)13-27-12-16-11-26-20(22-16)14-4-2-1-3-5-14/h1-7,10-11H,8-9,12-13H2,(H,21,23). The Kier molecular flexibility index (Phi) is 5.29. The number of benzene rings is 2. The van der Waals surface area contributed by atoms with Gasteiger partial charge in [0.2, 0.25) is 11.8 Å². The van der Waals surface area contributed by atoms with Crippen LogP contribution in [0.1, 0.15) is 5.69 Å². The molecule has 2 heterocycles. The summed E-state index contributed by atoms with van der Waals surface area (Å²) in [5.41, 5.74) is 2.44. The number of thioether (sulfide) groups is 1. The van der Waals surface area contributed by atoms with Gasteiger partial charge in [-0.15, -0.1) is 11.8 Å². The van der Waals surface area contributed by atoms with Crippen LogP contribution in [0.5, 0.6) is 11.5 Å². The first-order valence-electron chi connectivity index (χ1n) is 8.55. The molecule has 1 aromatic heterocycles. The number of hydrogen-bond acceptors (Lipinski definition) is 6. The van der Waals surface area contributed by atoms with E-state index in [1.807, 2.05) is 30.3 Å². The molecule has 2 aromatic carbocycles. The van der Waals surface area contributed by atoms with Gasteiger partial charge in [-0.2, -0.15) is 0 Å². The van der Waals surface area contributed by atoms with E-state index in [4.69, 9.17) is 13.9 Å². The fourth-order valence-corrected chi connectivity index (χ4v) is 3.35. The molecule has 0 fully saturated rings. The van der Waals surface area contributed by atoms with E-state index >= 15 is 0 Å². The summed E-state index contributed by atoms with van der Waals surface area (Å²) in [6.45, 7) is 1.06. The Bertz CT molecular complexity index is 927. The van der Waals surface area contributed by atoms with Crippen LogP contribution in [0.25, 0.3) is 11.5 Å². The summed E-state index contributed by atoms with van der Waals surface area (Å²) in [6.07, 6.45) is 1.63. The smallest absolute Gasteiger partial charge is 0.234 e. The highest BCUT2D eigenvalue weighted by molar-refractivity contribution is 7.99. The number of aromatic nitrogens is 1. The molecule has 0 spiro atoms. The maximum Gasteiger partial charge on any atom is 0.234 e. The van der Waals surface area contributed by atoms with Crippen molar-refractivity contribution in [3.63, 3.8) is 0 Å². The van der Waals surface area contributed by atoms with Gasteiger partial charge in [-0.05, 0) is 24.3 Å². The molecule has 0 saturated carbocycles. The van der Waals surface area contributed by atoms with E-state index in [9.17, 15) is 4.79 Å². The first-order valence-corrected chi connectivity index (χ1v) is 9.70. The Hall–Kier alpha value is -2.93. The van der Waals surface area contributed by atoms with Crippen molar-refractivity contribution in [2.45, 2.75) is 5.75 Å². The molecule has 7 heteroatoms. The van der Waals surface area contributed by atoms with Crippen LogP contribution < -0.4 is 14.8 Å². The van der Waals surface area contributed by atoms with Crippen molar-refractivity contribution in [1.82, 2.24) is 4.98 Å². The minimum absolute atomic E-state index is 0.0801. The number of nitrogens with zero attached hydrogens (tertiary/aromatic N) is 1. The molecule has 0 radical (unpaired) electrons. The monoisotopic (exact) mass is 382 g/mol. The van der Waals surface area contributed by atoms with Crippen molar-refractivity contribution < 1.29 is 18.7 Å². The van der Waals surface area contributed by atoms with Crippen LogP contribution in [0.15, 0.2) is 59.2 Å². The van der Waals surface area contributed by atoms with Crippen LogP contribution >= 0.6 is 11.8 Å². The molecular weight excluding hydrogens is 364 g/mol. The molecule has 1 aliphatic heterocycles. The summed E-state index contributed by atoms with van der Waals surface area (Å²) in [7, 11) is 0. The molecule has 0 bridgehead atoms. The maximum absolute atomic E-state index is 12.1. The number of ether oxygens (including phenoxy) is 2. The molecule has 4 rings (SSSR count). The van der Waals surface area contributed by atoms with Gasteiger partial charge in [0.05, 0.1) is 11.4 Å². The van der Waals surface area contributed by atoms with Gasteiger partial charge in [0.25, 0.3) is 0 Å². The van der Waals surface area contributed by atoms with Crippen molar-refractivity contribution in [1.29, 1.82) is 0 Å². The third-order valence-corrected chi connectivity index (χ3v) is 4.85. The summed E-state index contributed by atoms with van der Waals surface area (Å²) < 4.78 is 16.5. The van der Waals surface area contributed by atoms with E-state index in [2.05, 4.69) is 10.3 Å². The molecule has 0 aliphatic carbocycles. The quantitative estimate of drug-likeness (QED) is 0.695. The second kappa shape index (κ2) is 8.18. The number of carbonyl (C=O) groups excluding carboxylic acids is 1. The van der Waals surface area contributed by atoms with Crippen molar-refractivity contribution in [2.75, 3.05) is 24.3 Å². The molecule has 1 amide bonds. The SMILES string of the molecule is O=C(CSCc1coc(-c2ccccc2)n1)Nc1ccc2c(c1)OCCO2. The Morgan fingerprint density at radius 3 is 2.74 bits per heavy atom. The topological polar surface area (TPSA) is 73.6 Å². The van der Waals surface area contributed by atoms with E-state index in [-0.39, 0.29) is 5.91 Å². The average Bonchev–Trinajstić information content (AvgIpc) is 3.17. The number of amides is 1. The molecular formula is C20H18N2O4S. The molecule has 0 atom stereocenters. The first kappa shape index (κ1) is 17.5. The van der Waals surface area contributed by atoms with Gasteiger partial charge in [0.15, 0.2) is 11.5 Å². The average molecular weight is 382 g/mol. The third-order valence-electron chi connectivity index (χ3n) is 3.88. The fraction of sp³-hybridized carbons (Fsp3) is 0.200. The third kappa shape index (κ3) is 4.43. The lowest BCUT2D eigenvalue weighted by Gasteiger charge is -2.18. The normalized spacial score (nSPS) is 12.6. The predicted octanol–water partition coefficient (Wildman–Crippen LogP) is 3.98. The molecule has 3 aromatic rings. The van der Waals surface area contributed by atoms with Crippen LogP contribution in [0, 0.1) is 0 Å². The summed E-state index contributed by atoms with van der Waals surface area (Å²) in [5.74, 6) is 2.79. The summed E-state index contributed by atoms with van der Waals surface area (Å²) in [5, 5.41) is 2.87. The van der Waals surface area contributed by atoms with E-state index in [1.165, 1.54) is 11.8 Å². The highest BCUT2D eigenvalue weighted by Gasteiger charge is 2.13. The lowest BCUT2D eigenvalue weighted by atomic mass is 10.2. The number of oxazole rings is 1. The van der Waals surface area contributed by atoms with Crippen LogP contribution in [0.3, 0.4) is 0 Å². The number of rotatable bonds is 6. The van der Waals surface area contributed by atoms with Crippen molar-refractivity contribution in [2.24, 2.45) is 0 Å². The van der Waals surface area contributed by atoms with Gasteiger partial charge in [-0.25, -0.2) is 4.98 Å². The second-order valence-electron chi connectivity index (χ2n) is 5.91. The van der Waals surface area contributed by atoms with Gasteiger partial charge in [-0.3, -0.25) is 4.79 Å². The number of hydrogen-bond donors (Lipinski definition) is 1. The zero-order chi connectivity index (χ0) is 18.5. The molecule has 1 N–H and O–H groups in total. The Labute approximate surface area is 160 Å². The fourth-order valence-electron chi connectivity index (χ4n) is 2.65. The molecule has 138 valence electrons. The number of nitrogens with one attached hydrogen (secondary N) is 1. The molecule has 6 nitrogen and oxygen atoms in total. The number of carbonyl (C=O) groups is 1. The van der Waals surface area contributed by atoms with Crippen LogP contribution in [-0.2, 0) is 10.5 Å². The highest BCUT2D eigenvalue weighted by Crippen LogP contribution is 2.32. The van der Waals surface area contributed by atoms with Gasteiger partial charge in [-0.1, -0.05) is 18.2 Å². The summed E-state index contributed by atoms with van der Waals surface area (Å²) in [4.78, 5) is 16.6. The lowest BCUT2D eigenvalue weighted by molar-refractivity contribution is -0.113. The highest BCUT2D eigenvalue weighted by atomic mass is 32.2. The summed E-state index contributed by atoms with van der Waals surface area (Å²) in [6, 6.07) is 15.1. The second-order valence-corrected chi connectivity index (χ2v) is 6.90. The molecule has 27 heavy (non-hydrogen) atoms. The number of fused-ring (bicyclic) bond motifs is 1. The van der Waals surface area contributed by atoms with Crippen molar-refractivity contribution >= 4 is 23.4 Å². The maximum atomic E-state index is 12.1. The van der Waals surface area contributed by atoms with E-state index in [0.717, 1.165) is 11.3 Å². The predicted molar refractivity (Wildman–Crippen MR) is 104 cm³/mol. The largest absolute Gasteiger partial charge is 0.486 e. The van der Waals surface area contributed by atoms with E-state index < -0.39 is 0 Å². The molecule has 0 unspecified atom stereocenters. The Morgan fingerprint density at radius 1 is 1.07 bits per heavy atom. The minimum Gasteiger partial charge on any atom is -0.486 e. The van der Waals surface area contributed by atoms with Crippen LogP contribution in [0.2, 0.25) is 0 Å². The van der Waals surface area contributed by atoms with E-state index in [0.29, 0.717) is 47.8 Å². The Balaban J connectivity index is 1.27. The van der Waals surface area contributed by atoms with Crippen LogP contribution in [-0.4, -0.2) is 29.9 Å². The van der Waals surface area contributed by atoms with Gasteiger partial charge in [0, 0.05) is 23.1 Å². The first-order chi connectivity index (χ1) is 13.3. The van der Waals surface area contributed by atoms with Gasteiger partial charge in [0.1, 0.15) is 19.5 Å². The zero-order valence-corrected chi connectivity index (χ0v) is 15.3. The molecule has 1 aliphatic rings. The zero-order valence-electron chi connectivity index (χ0n) is 14.5. The van der Waals surface area contributed by atoms with Crippen molar-refractivity contribution in [3.8, 4) is 23.0 Å². The van der Waals surface area contributed by atoms with Gasteiger partial charge >= 0.3 is 0 Å². The van der Waals surface area contributed by atoms with Crippen molar-refractivity contribution in [3.05, 3.63) is 60.5 Å². The van der Waals surface area contributed by atoms with Gasteiger partial charge < -0.3 is 19.2 Å².